The van der Waals surface area contributed by atoms with E-state index in [2.05, 4.69) is 43.1 Å². The third kappa shape index (κ3) is 3.02. The molecule has 24 heavy (non-hydrogen) atoms. The molecule has 0 spiro atoms. The summed E-state index contributed by atoms with van der Waals surface area (Å²) in [5.74, 6) is 0.304. The average molecular weight is 322 g/mol. The van der Waals surface area contributed by atoms with Gasteiger partial charge >= 0.3 is 6.03 Å². The molecule has 0 saturated heterocycles. The standard InChI is InChI=1S/C19H22N4O/c1-4-17-18(14(2)3)16(13-15-9-6-5-7-10-15)21-23(17)19(24)22-12-8-11-20-22/h5-12,14H,4,13H2,1-3H3. The van der Waals surface area contributed by atoms with Gasteiger partial charge in [0.2, 0.25) is 0 Å². The maximum Gasteiger partial charge on any atom is 0.369 e. The number of carbonyl (C=O) groups excluding carboxylic acids is 1. The summed E-state index contributed by atoms with van der Waals surface area (Å²) in [5.41, 5.74) is 4.30. The molecule has 2 aromatic heterocycles. The van der Waals surface area contributed by atoms with Crippen molar-refractivity contribution in [1.82, 2.24) is 19.6 Å². The number of rotatable bonds is 4. The van der Waals surface area contributed by atoms with Crippen molar-refractivity contribution in [3.05, 3.63) is 71.3 Å². The van der Waals surface area contributed by atoms with E-state index in [0.717, 1.165) is 24.2 Å². The molecule has 0 fully saturated rings. The smallest absolute Gasteiger partial charge is 0.244 e. The van der Waals surface area contributed by atoms with Crippen LogP contribution in [0.5, 0.6) is 0 Å². The number of nitrogens with zero attached hydrogens (tertiary/aromatic N) is 4. The van der Waals surface area contributed by atoms with Crippen LogP contribution in [-0.4, -0.2) is 25.6 Å². The number of hydrogen-bond acceptors (Lipinski definition) is 3. The van der Waals surface area contributed by atoms with Crippen LogP contribution in [0.15, 0.2) is 48.8 Å². The molecule has 0 atom stereocenters. The summed E-state index contributed by atoms with van der Waals surface area (Å²) in [6.07, 6.45) is 4.72. The van der Waals surface area contributed by atoms with Gasteiger partial charge in [0, 0.05) is 24.4 Å². The normalized spacial score (nSPS) is 11.2. The molecule has 0 saturated carbocycles. The monoisotopic (exact) mass is 322 g/mol. The molecule has 1 aromatic carbocycles. The molecule has 0 aliphatic heterocycles. The van der Waals surface area contributed by atoms with E-state index in [1.54, 1.807) is 18.5 Å². The van der Waals surface area contributed by atoms with Gasteiger partial charge in [-0.3, -0.25) is 0 Å². The lowest BCUT2D eigenvalue weighted by molar-refractivity contribution is 0.237. The number of aromatic nitrogens is 4. The minimum Gasteiger partial charge on any atom is -0.244 e. The van der Waals surface area contributed by atoms with Crippen molar-refractivity contribution in [2.24, 2.45) is 0 Å². The Labute approximate surface area is 141 Å². The fraction of sp³-hybridized carbons (Fsp3) is 0.316. The first-order valence-corrected chi connectivity index (χ1v) is 8.30. The highest BCUT2D eigenvalue weighted by atomic mass is 16.2. The van der Waals surface area contributed by atoms with E-state index in [9.17, 15) is 4.79 Å². The lowest BCUT2D eigenvalue weighted by atomic mass is 9.96. The molecule has 0 unspecified atom stereocenters. The van der Waals surface area contributed by atoms with Crippen molar-refractivity contribution in [2.75, 3.05) is 0 Å². The Morgan fingerprint density at radius 2 is 1.92 bits per heavy atom. The summed E-state index contributed by atoms with van der Waals surface area (Å²) < 4.78 is 2.84. The number of hydrogen-bond donors (Lipinski definition) is 0. The zero-order valence-corrected chi connectivity index (χ0v) is 14.3. The fourth-order valence-corrected chi connectivity index (χ4v) is 3.08. The highest BCUT2D eigenvalue weighted by Crippen LogP contribution is 2.26. The van der Waals surface area contributed by atoms with Crippen LogP contribution in [0, 0.1) is 0 Å². The Balaban J connectivity index is 2.07. The first-order chi connectivity index (χ1) is 11.6. The predicted octanol–water partition coefficient (Wildman–Crippen LogP) is 3.87. The quantitative estimate of drug-likeness (QED) is 0.732. The molecule has 0 amide bonds. The van der Waals surface area contributed by atoms with Gasteiger partial charge in [0.15, 0.2) is 0 Å². The second-order valence-electron chi connectivity index (χ2n) is 6.12. The van der Waals surface area contributed by atoms with Crippen molar-refractivity contribution >= 4 is 6.03 Å². The third-order valence-electron chi connectivity index (χ3n) is 4.11. The van der Waals surface area contributed by atoms with E-state index in [1.807, 2.05) is 18.2 Å². The minimum absolute atomic E-state index is 0.238. The van der Waals surface area contributed by atoms with E-state index in [1.165, 1.54) is 20.5 Å². The van der Waals surface area contributed by atoms with Crippen molar-refractivity contribution in [3.63, 3.8) is 0 Å². The van der Waals surface area contributed by atoms with Gasteiger partial charge in [0.1, 0.15) is 0 Å². The maximum atomic E-state index is 12.7. The van der Waals surface area contributed by atoms with E-state index >= 15 is 0 Å². The van der Waals surface area contributed by atoms with Crippen molar-refractivity contribution in [3.8, 4) is 0 Å². The lowest BCUT2D eigenvalue weighted by Gasteiger charge is -2.09. The zero-order chi connectivity index (χ0) is 17.1. The number of benzene rings is 1. The first kappa shape index (κ1) is 16.2. The Hall–Kier alpha value is -2.69. The summed E-state index contributed by atoms with van der Waals surface area (Å²) in [6.45, 7) is 6.35. The molecule has 0 aliphatic rings. The van der Waals surface area contributed by atoms with Crippen LogP contribution in [0.25, 0.3) is 0 Å². The fourth-order valence-electron chi connectivity index (χ4n) is 3.08. The molecule has 124 valence electrons. The minimum atomic E-state index is -0.238. The van der Waals surface area contributed by atoms with Gasteiger partial charge < -0.3 is 0 Å². The van der Waals surface area contributed by atoms with Crippen molar-refractivity contribution in [1.29, 1.82) is 0 Å². The highest BCUT2D eigenvalue weighted by molar-refractivity contribution is 5.78. The van der Waals surface area contributed by atoms with Crippen LogP contribution in [-0.2, 0) is 12.8 Å². The van der Waals surface area contributed by atoms with Crippen LogP contribution in [0.2, 0.25) is 0 Å². The molecule has 0 N–H and O–H groups in total. The molecular formula is C19H22N4O. The maximum absolute atomic E-state index is 12.7. The van der Waals surface area contributed by atoms with Crippen LogP contribution >= 0.6 is 0 Å². The van der Waals surface area contributed by atoms with Gasteiger partial charge in [-0.15, -0.1) is 0 Å². The summed E-state index contributed by atoms with van der Waals surface area (Å²) in [5, 5.41) is 8.70. The molecule has 0 radical (unpaired) electrons. The Morgan fingerprint density at radius 1 is 1.17 bits per heavy atom. The Morgan fingerprint density at radius 3 is 2.50 bits per heavy atom. The second-order valence-corrected chi connectivity index (χ2v) is 6.12. The van der Waals surface area contributed by atoms with Gasteiger partial charge in [-0.2, -0.15) is 19.6 Å². The Kier molecular flexibility index (Phi) is 4.60. The van der Waals surface area contributed by atoms with Crippen molar-refractivity contribution in [2.45, 2.75) is 39.5 Å². The molecule has 2 heterocycles. The van der Waals surface area contributed by atoms with Crippen LogP contribution < -0.4 is 0 Å². The van der Waals surface area contributed by atoms with Gasteiger partial charge in [-0.05, 0) is 24.0 Å². The molecular weight excluding hydrogens is 300 g/mol. The predicted molar refractivity (Wildman–Crippen MR) is 93.4 cm³/mol. The molecule has 5 nitrogen and oxygen atoms in total. The number of carbonyl (C=O) groups is 1. The molecule has 3 aromatic rings. The topological polar surface area (TPSA) is 52.7 Å². The van der Waals surface area contributed by atoms with Gasteiger partial charge in [-0.1, -0.05) is 51.1 Å². The Bertz CT molecular complexity index is 817. The summed E-state index contributed by atoms with van der Waals surface area (Å²) in [6, 6.07) is 11.7. The van der Waals surface area contributed by atoms with Gasteiger partial charge in [-0.25, -0.2) is 4.79 Å². The molecule has 5 heteroatoms. The first-order valence-electron chi connectivity index (χ1n) is 8.30. The third-order valence-corrected chi connectivity index (χ3v) is 4.11. The zero-order valence-electron chi connectivity index (χ0n) is 14.3. The van der Waals surface area contributed by atoms with Crippen LogP contribution in [0.3, 0.4) is 0 Å². The molecule has 0 bridgehead atoms. The second kappa shape index (κ2) is 6.83. The lowest BCUT2D eigenvalue weighted by Crippen LogP contribution is -2.23. The molecule has 3 rings (SSSR count). The SMILES string of the molecule is CCc1c(C(C)C)c(Cc2ccccc2)nn1C(=O)n1cccn1. The van der Waals surface area contributed by atoms with Crippen LogP contribution in [0.1, 0.15) is 49.2 Å². The highest BCUT2D eigenvalue weighted by Gasteiger charge is 2.23. The summed E-state index contributed by atoms with van der Waals surface area (Å²) in [7, 11) is 0. The van der Waals surface area contributed by atoms with E-state index in [4.69, 9.17) is 0 Å². The van der Waals surface area contributed by atoms with Crippen LogP contribution in [0.4, 0.5) is 4.79 Å². The molecule has 0 aliphatic carbocycles. The summed E-state index contributed by atoms with van der Waals surface area (Å²) in [4.78, 5) is 12.7. The largest absolute Gasteiger partial charge is 0.369 e. The van der Waals surface area contributed by atoms with Gasteiger partial charge in [0.25, 0.3) is 0 Å². The summed E-state index contributed by atoms with van der Waals surface area (Å²) >= 11 is 0. The average Bonchev–Trinajstić information content (AvgIpc) is 3.22. The van der Waals surface area contributed by atoms with E-state index < -0.39 is 0 Å². The van der Waals surface area contributed by atoms with Gasteiger partial charge in [0.05, 0.1) is 11.4 Å². The van der Waals surface area contributed by atoms with E-state index in [0.29, 0.717) is 5.92 Å². The van der Waals surface area contributed by atoms with Crippen molar-refractivity contribution < 1.29 is 4.79 Å². The van der Waals surface area contributed by atoms with E-state index in [-0.39, 0.29) is 6.03 Å².